The van der Waals surface area contributed by atoms with E-state index >= 15 is 0 Å². The van der Waals surface area contributed by atoms with Gasteiger partial charge in [-0.15, -0.1) is 11.8 Å². The van der Waals surface area contributed by atoms with Gasteiger partial charge in [0.05, 0.1) is 16.6 Å². The first-order valence-corrected chi connectivity index (χ1v) is 9.36. The molecule has 136 valence electrons. The normalized spacial score (nSPS) is 16.4. The van der Waals surface area contributed by atoms with Crippen LogP contribution in [0.2, 0.25) is 0 Å². The molecule has 1 unspecified atom stereocenters. The molecule has 1 aliphatic rings. The van der Waals surface area contributed by atoms with E-state index in [0.29, 0.717) is 11.1 Å². The molecular weight excluding hydrogens is 354 g/mol. The number of carbonyl (C=O) groups excluding carboxylic acids is 1. The van der Waals surface area contributed by atoms with E-state index < -0.39 is 10.9 Å². The first kappa shape index (κ1) is 18.4. The third-order valence-electron chi connectivity index (χ3n) is 4.07. The molecule has 1 saturated heterocycles. The Bertz CT molecular complexity index is 772. The van der Waals surface area contributed by atoms with Gasteiger partial charge >= 0.3 is 5.97 Å². The number of nitro benzene ring substituents is 1. The van der Waals surface area contributed by atoms with Crippen LogP contribution in [0, 0.1) is 10.1 Å². The molecule has 1 aliphatic heterocycles. The van der Waals surface area contributed by atoms with Crippen molar-refractivity contribution in [1.82, 2.24) is 0 Å². The van der Waals surface area contributed by atoms with Gasteiger partial charge in [0.2, 0.25) is 0 Å². The van der Waals surface area contributed by atoms with Crippen LogP contribution in [0.25, 0.3) is 0 Å². The van der Waals surface area contributed by atoms with Gasteiger partial charge in [-0.1, -0.05) is 12.1 Å². The predicted octanol–water partition coefficient (Wildman–Crippen LogP) is 4.22. The van der Waals surface area contributed by atoms with E-state index in [2.05, 4.69) is 0 Å². The fraction of sp³-hybridized carbons (Fsp3) is 0.316. The molecule has 2 aromatic carbocycles. The van der Waals surface area contributed by atoms with E-state index in [9.17, 15) is 14.9 Å². The van der Waals surface area contributed by atoms with E-state index in [4.69, 9.17) is 9.47 Å². The SMILES string of the molecule is O=C(OCc1ccc([N+](=O)[O-])cc1)c1ccccc1SCC1CCCO1. The Morgan fingerprint density at radius 2 is 2.00 bits per heavy atom. The zero-order valence-corrected chi connectivity index (χ0v) is 14.9. The number of rotatable bonds is 7. The summed E-state index contributed by atoms with van der Waals surface area (Å²) in [5, 5.41) is 10.7. The fourth-order valence-corrected chi connectivity index (χ4v) is 3.77. The van der Waals surface area contributed by atoms with Crippen molar-refractivity contribution in [3.8, 4) is 0 Å². The van der Waals surface area contributed by atoms with Gasteiger partial charge in [-0.25, -0.2) is 4.79 Å². The average Bonchev–Trinajstić information content (AvgIpc) is 3.18. The molecule has 0 aromatic heterocycles. The third kappa shape index (κ3) is 4.83. The minimum absolute atomic E-state index is 0.0101. The van der Waals surface area contributed by atoms with E-state index in [1.807, 2.05) is 12.1 Å². The molecule has 1 fully saturated rings. The Hall–Kier alpha value is -2.38. The van der Waals surface area contributed by atoms with Gasteiger partial charge < -0.3 is 9.47 Å². The summed E-state index contributed by atoms with van der Waals surface area (Å²) < 4.78 is 11.0. The van der Waals surface area contributed by atoms with Gasteiger partial charge in [0.1, 0.15) is 6.61 Å². The number of ether oxygens (including phenoxy) is 2. The van der Waals surface area contributed by atoms with Gasteiger partial charge in [-0.2, -0.15) is 0 Å². The molecule has 0 N–H and O–H groups in total. The van der Waals surface area contributed by atoms with Crippen LogP contribution in [-0.2, 0) is 16.1 Å². The molecular formula is C19H19NO5S. The highest BCUT2D eigenvalue weighted by atomic mass is 32.2. The summed E-state index contributed by atoms with van der Waals surface area (Å²) in [6.45, 7) is 0.881. The first-order chi connectivity index (χ1) is 12.6. The molecule has 0 radical (unpaired) electrons. The predicted molar refractivity (Wildman–Crippen MR) is 98.4 cm³/mol. The molecule has 0 aliphatic carbocycles. The van der Waals surface area contributed by atoms with Crippen LogP contribution in [0.4, 0.5) is 5.69 Å². The molecule has 1 heterocycles. The summed E-state index contributed by atoms with van der Waals surface area (Å²) in [5.41, 5.74) is 1.24. The number of hydrogen-bond donors (Lipinski definition) is 0. The number of esters is 1. The number of hydrogen-bond acceptors (Lipinski definition) is 6. The molecule has 0 amide bonds. The summed E-state index contributed by atoms with van der Waals surface area (Å²) in [6, 6.07) is 13.3. The van der Waals surface area contributed by atoms with Crippen molar-refractivity contribution in [1.29, 1.82) is 0 Å². The van der Waals surface area contributed by atoms with Crippen LogP contribution in [0.1, 0.15) is 28.8 Å². The fourth-order valence-electron chi connectivity index (χ4n) is 2.66. The van der Waals surface area contributed by atoms with E-state index in [1.165, 1.54) is 12.1 Å². The van der Waals surface area contributed by atoms with Crippen molar-refractivity contribution < 1.29 is 19.2 Å². The van der Waals surface area contributed by atoms with Crippen molar-refractivity contribution in [2.75, 3.05) is 12.4 Å². The van der Waals surface area contributed by atoms with Gasteiger partial charge in [0.15, 0.2) is 0 Å². The number of benzene rings is 2. The van der Waals surface area contributed by atoms with Crippen molar-refractivity contribution in [3.63, 3.8) is 0 Å². The third-order valence-corrected chi connectivity index (χ3v) is 5.28. The standard InChI is InChI=1S/C19H19NO5S/c21-19(25-12-14-7-9-15(10-8-14)20(22)23)17-5-1-2-6-18(17)26-13-16-4-3-11-24-16/h1-2,5-10,16H,3-4,11-13H2. The minimum atomic E-state index is -0.461. The average molecular weight is 373 g/mol. The summed E-state index contributed by atoms with van der Waals surface area (Å²) >= 11 is 1.60. The highest BCUT2D eigenvalue weighted by Gasteiger charge is 2.18. The van der Waals surface area contributed by atoms with Crippen molar-refractivity contribution in [2.45, 2.75) is 30.4 Å². The number of nitro groups is 1. The Kier molecular flexibility index (Phi) is 6.25. The van der Waals surface area contributed by atoms with Crippen LogP contribution in [0.3, 0.4) is 0 Å². The smallest absolute Gasteiger partial charge is 0.339 e. The molecule has 3 rings (SSSR count). The molecule has 1 atom stereocenters. The Morgan fingerprint density at radius 1 is 1.23 bits per heavy atom. The second-order valence-electron chi connectivity index (χ2n) is 5.94. The van der Waals surface area contributed by atoms with Crippen LogP contribution in [0.15, 0.2) is 53.4 Å². The van der Waals surface area contributed by atoms with Crippen LogP contribution < -0.4 is 0 Å². The van der Waals surface area contributed by atoms with E-state index in [0.717, 1.165) is 30.1 Å². The van der Waals surface area contributed by atoms with Gasteiger partial charge in [0.25, 0.3) is 5.69 Å². The maximum Gasteiger partial charge on any atom is 0.339 e. The molecule has 0 saturated carbocycles. The van der Waals surface area contributed by atoms with Crippen molar-refractivity contribution in [3.05, 3.63) is 69.8 Å². The van der Waals surface area contributed by atoms with Crippen LogP contribution in [0.5, 0.6) is 0 Å². The lowest BCUT2D eigenvalue weighted by Crippen LogP contribution is -2.10. The summed E-state index contributed by atoms with van der Waals surface area (Å²) in [7, 11) is 0. The van der Waals surface area contributed by atoms with E-state index in [1.54, 1.807) is 36.0 Å². The maximum absolute atomic E-state index is 12.4. The molecule has 7 heteroatoms. The lowest BCUT2D eigenvalue weighted by molar-refractivity contribution is -0.384. The van der Waals surface area contributed by atoms with E-state index in [-0.39, 0.29) is 18.4 Å². The highest BCUT2D eigenvalue weighted by Crippen LogP contribution is 2.27. The summed E-state index contributed by atoms with van der Waals surface area (Å²) in [6.07, 6.45) is 2.38. The topological polar surface area (TPSA) is 78.7 Å². The number of thioether (sulfide) groups is 1. The summed E-state index contributed by atoms with van der Waals surface area (Å²) in [4.78, 5) is 23.5. The van der Waals surface area contributed by atoms with Gasteiger partial charge in [-0.3, -0.25) is 10.1 Å². The molecule has 0 spiro atoms. The second-order valence-corrected chi connectivity index (χ2v) is 7.00. The maximum atomic E-state index is 12.4. The van der Waals surface area contributed by atoms with Gasteiger partial charge in [-0.05, 0) is 42.7 Å². The van der Waals surface area contributed by atoms with Crippen molar-refractivity contribution >= 4 is 23.4 Å². The molecule has 26 heavy (non-hydrogen) atoms. The Balaban J connectivity index is 1.59. The molecule has 2 aromatic rings. The quantitative estimate of drug-likeness (QED) is 0.313. The lowest BCUT2D eigenvalue weighted by Gasteiger charge is -2.12. The molecule has 0 bridgehead atoms. The minimum Gasteiger partial charge on any atom is -0.457 e. The number of non-ortho nitro benzene ring substituents is 1. The largest absolute Gasteiger partial charge is 0.457 e. The van der Waals surface area contributed by atoms with Crippen LogP contribution in [-0.4, -0.2) is 29.4 Å². The van der Waals surface area contributed by atoms with Crippen molar-refractivity contribution in [2.24, 2.45) is 0 Å². The van der Waals surface area contributed by atoms with Crippen LogP contribution >= 0.6 is 11.8 Å². The number of carbonyl (C=O) groups is 1. The first-order valence-electron chi connectivity index (χ1n) is 8.37. The zero-order valence-electron chi connectivity index (χ0n) is 14.1. The highest BCUT2D eigenvalue weighted by molar-refractivity contribution is 7.99. The summed E-state index contributed by atoms with van der Waals surface area (Å²) in [5.74, 6) is 0.408. The molecule has 6 nitrogen and oxygen atoms in total. The Morgan fingerprint density at radius 3 is 2.69 bits per heavy atom. The Labute approximate surface area is 155 Å². The lowest BCUT2D eigenvalue weighted by atomic mass is 10.2. The number of nitrogens with zero attached hydrogens (tertiary/aromatic N) is 1. The monoisotopic (exact) mass is 373 g/mol. The zero-order chi connectivity index (χ0) is 18.4. The second kappa shape index (κ2) is 8.82. The van der Waals surface area contributed by atoms with Gasteiger partial charge in [0, 0.05) is 29.4 Å².